The Morgan fingerprint density at radius 1 is 1.25 bits per heavy atom. The second kappa shape index (κ2) is 4.55. The molecule has 1 saturated heterocycles. The van der Waals surface area contributed by atoms with Gasteiger partial charge in [-0.25, -0.2) is 8.78 Å². The van der Waals surface area contributed by atoms with E-state index in [1.165, 1.54) is 0 Å². The SMILES string of the molecule is CC(F)(F)CNC1CCC2(CC1)OCCO2. The molecule has 0 amide bonds. The topological polar surface area (TPSA) is 30.5 Å². The highest BCUT2D eigenvalue weighted by atomic mass is 19.3. The molecule has 1 aliphatic heterocycles. The Hall–Kier alpha value is -0.260. The van der Waals surface area contributed by atoms with Crippen LogP contribution in [0.3, 0.4) is 0 Å². The van der Waals surface area contributed by atoms with Crippen LogP contribution in [0.1, 0.15) is 32.6 Å². The van der Waals surface area contributed by atoms with Crippen molar-refractivity contribution in [2.75, 3.05) is 19.8 Å². The molecule has 0 aromatic heterocycles. The summed E-state index contributed by atoms with van der Waals surface area (Å²) >= 11 is 0. The first kappa shape index (κ1) is 12.2. The molecular formula is C11H19F2NO2. The molecule has 0 aromatic carbocycles. The van der Waals surface area contributed by atoms with Crippen LogP contribution in [0, 0.1) is 0 Å². The minimum absolute atomic E-state index is 0.171. The molecule has 1 N–H and O–H groups in total. The van der Waals surface area contributed by atoms with E-state index in [4.69, 9.17) is 9.47 Å². The van der Waals surface area contributed by atoms with Crippen molar-refractivity contribution < 1.29 is 18.3 Å². The zero-order valence-corrected chi connectivity index (χ0v) is 9.60. The summed E-state index contributed by atoms with van der Waals surface area (Å²) in [6.45, 7) is 2.01. The maximum atomic E-state index is 12.7. The summed E-state index contributed by atoms with van der Waals surface area (Å²) in [6.07, 6.45) is 3.30. The number of ether oxygens (including phenoxy) is 2. The van der Waals surface area contributed by atoms with Gasteiger partial charge in [-0.3, -0.25) is 0 Å². The summed E-state index contributed by atoms with van der Waals surface area (Å²) in [5.74, 6) is -3.03. The summed E-state index contributed by atoms with van der Waals surface area (Å²) in [4.78, 5) is 0. The summed E-state index contributed by atoms with van der Waals surface area (Å²) in [5.41, 5.74) is 0. The molecule has 1 saturated carbocycles. The predicted octanol–water partition coefficient (Wildman–Crippen LogP) is 1.92. The van der Waals surface area contributed by atoms with Crippen molar-refractivity contribution >= 4 is 0 Å². The minimum atomic E-state index is -2.63. The molecule has 0 radical (unpaired) electrons. The van der Waals surface area contributed by atoms with Crippen molar-refractivity contribution in [1.82, 2.24) is 5.32 Å². The van der Waals surface area contributed by atoms with Gasteiger partial charge in [-0.2, -0.15) is 0 Å². The summed E-state index contributed by atoms with van der Waals surface area (Å²) in [5, 5.41) is 2.91. The van der Waals surface area contributed by atoms with Crippen molar-refractivity contribution in [1.29, 1.82) is 0 Å². The first-order valence-electron chi connectivity index (χ1n) is 5.88. The zero-order chi connectivity index (χ0) is 11.6. The van der Waals surface area contributed by atoms with Gasteiger partial charge in [0.2, 0.25) is 0 Å². The molecule has 0 unspecified atom stereocenters. The van der Waals surface area contributed by atoms with Crippen molar-refractivity contribution in [3.8, 4) is 0 Å². The Labute approximate surface area is 94.5 Å². The molecule has 94 valence electrons. The van der Waals surface area contributed by atoms with E-state index in [1.807, 2.05) is 0 Å². The average molecular weight is 235 g/mol. The molecule has 1 spiro atoms. The van der Waals surface area contributed by atoms with Crippen LogP contribution in [-0.2, 0) is 9.47 Å². The summed E-state index contributed by atoms with van der Waals surface area (Å²) in [7, 11) is 0. The number of halogens is 2. The molecule has 1 aliphatic carbocycles. The van der Waals surface area contributed by atoms with Crippen LogP contribution in [0.25, 0.3) is 0 Å². The van der Waals surface area contributed by atoms with E-state index in [1.54, 1.807) is 0 Å². The Balaban J connectivity index is 1.73. The molecule has 2 fully saturated rings. The molecule has 5 heteroatoms. The number of rotatable bonds is 3. The normalized spacial score (nSPS) is 26.4. The standard InChI is InChI=1S/C11H19F2NO2/c1-10(12,13)8-14-9-2-4-11(5-3-9)15-6-7-16-11/h9,14H,2-8H2,1H3. The van der Waals surface area contributed by atoms with Gasteiger partial charge >= 0.3 is 0 Å². The van der Waals surface area contributed by atoms with Gasteiger partial charge in [0.1, 0.15) is 0 Å². The monoisotopic (exact) mass is 235 g/mol. The van der Waals surface area contributed by atoms with Gasteiger partial charge in [-0.15, -0.1) is 0 Å². The van der Waals surface area contributed by atoms with Crippen LogP contribution in [-0.4, -0.2) is 37.5 Å². The Morgan fingerprint density at radius 3 is 2.31 bits per heavy atom. The van der Waals surface area contributed by atoms with Gasteiger partial charge in [0, 0.05) is 25.8 Å². The van der Waals surface area contributed by atoms with E-state index in [2.05, 4.69) is 5.32 Å². The van der Waals surface area contributed by atoms with Gasteiger partial charge in [-0.1, -0.05) is 0 Å². The predicted molar refractivity (Wildman–Crippen MR) is 55.5 cm³/mol. The van der Waals surface area contributed by atoms with E-state index in [9.17, 15) is 8.78 Å². The van der Waals surface area contributed by atoms with E-state index < -0.39 is 11.7 Å². The van der Waals surface area contributed by atoms with Gasteiger partial charge in [-0.05, 0) is 12.8 Å². The van der Waals surface area contributed by atoms with Crippen LogP contribution in [0.2, 0.25) is 0 Å². The molecule has 0 bridgehead atoms. The lowest BCUT2D eigenvalue weighted by atomic mass is 9.90. The van der Waals surface area contributed by atoms with E-state index in [0.29, 0.717) is 13.2 Å². The van der Waals surface area contributed by atoms with Crippen molar-refractivity contribution in [2.24, 2.45) is 0 Å². The van der Waals surface area contributed by atoms with Crippen molar-refractivity contribution in [3.05, 3.63) is 0 Å². The van der Waals surface area contributed by atoms with E-state index in [-0.39, 0.29) is 12.6 Å². The van der Waals surface area contributed by atoms with Gasteiger partial charge in [0.05, 0.1) is 19.8 Å². The highest BCUT2D eigenvalue weighted by molar-refractivity contribution is 4.86. The lowest BCUT2D eigenvalue weighted by molar-refractivity contribution is -0.179. The lowest BCUT2D eigenvalue weighted by Crippen LogP contribution is -2.44. The Morgan fingerprint density at radius 2 is 1.81 bits per heavy atom. The van der Waals surface area contributed by atoms with Crippen LogP contribution in [0.15, 0.2) is 0 Å². The summed E-state index contributed by atoms with van der Waals surface area (Å²) < 4.78 is 36.5. The van der Waals surface area contributed by atoms with Crippen molar-refractivity contribution in [2.45, 2.75) is 50.4 Å². The smallest absolute Gasteiger partial charge is 0.257 e. The van der Waals surface area contributed by atoms with Gasteiger partial charge < -0.3 is 14.8 Å². The van der Waals surface area contributed by atoms with E-state index >= 15 is 0 Å². The zero-order valence-electron chi connectivity index (χ0n) is 9.60. The number of hydrogen-bond acceptors (Lipinski definition) is 3. The molecule has 0 aromatic rings. The maximum Gasteiger partial charge on any atom is 0.257 e. The third-order valence-electron chi connectivity index (χ3n) is 3.26. The fourth-order valence-corrected chi connectivity index (χ4v) is 2.37. The number of nitrogens with one attached hydrogen (secondary N) is 1. The largest absolute Gasteiger partial charge is 0.348 e. The van der Waals surface area contributed by atoms with Crippen molar-refractivity contribution in [3.63, 3.8) is 0 Å². The Kier molecular flexibility index (Phi) is 3.47. The van der Waals surface area contributed by atoms with Crippen LogP contribution >= 0.6 is 0 Å². The third-order valence-corrected chi connectivity index (χ3v) is 3.26. The summed E-state index contributed by atoms with van der Waals surface area (Å²) in [6, 6.07) is 0.171. The average Bonchev–Trinajstić information content (AvgIpc) is 2.65. The second-order valence-corrected chi connectivity index (χ2v) is 4.83. The lowest BCUT2D eigenvalue weighted by Gasteiger charge is -2.36. The van der Waals surface area contributed by atoms with Crippen LogP contribution in [0.4, 0.5) is 8.78 Å². The fourth-order valence-electron chi connectivity index (χ4n) is 2.37. The highest BCUT2D eigenvalue weighted by Crippen LogP contribution is 2.35. The molecule has 16 heavy (non-hydrogen) atoms. The molecule has 2 aliphatic rings. The quantitative estimate of drug-likeness (QED) is 0.810. The van der Waals surface area contributed by atoms with E-state index in [0.717, 1.165) is 32.6 Å². The van der Waals surface area contributed by atoms with Crippen LogP contribution < -0.4 is 5.32 Å². The molecule has 0 atom stereocenters. The van der Waals surface area contributed by atoms with Gasteiger partial charge in [0.25, 0.3) is 5.92 Å². The third kappa shape index (κ3) is 3.12. The molecule has 3 nitrogen and oxygen atoms in total. The first-order valence-corrected chi connectivity index (χ1v) is 5.88. The fraction of sp³-hybridized carbons (Fsp3) is 1.00. The maximum absolute atomic E-state index is 12.7. The number of alkyl halides is 2. The van der Waals surface area contributed by atoms with Gasteiger partial charge in [0.15, 0.2) is 5.79 Å². The first-order chi connectivity index (χ1) is 7.49. The molecule has 1 heterocycles. The second-order valence-electron chi connectivity index (χ2n) is 4.83. The molecular weight excluding hydrogens is 216 g/mol. The Bertz CT molecular complexity index is 227. The molecule has 2 rings (SSSR count). The van der Waals surface area contributed by atoms with Crippen LogP contribution in [0.5, 0.6) is 0 Å². The number of hydrogen-bond donors (Lipinski definition) is 1. The minimum Gasteiger partial charge on any atom is -0.348 e. The highest BCUT2D eigenvalue weighted by Gasteiger charge is 2.40.